The summed E-state index contributed by atoms with van der Waals surface area (Å²) in [6, 6.07) is 0. The lowest BCUT2D eigenvalue weighted by Gasteiger charge is -2.26. The quantitative estimate of drug-likeness (QED) is 0.538. The molecule has 0 heterocycles. The predicted molar refractivity (Wildman–Crippen MR) is 56.9 cm³/mol. The molecule has 0 aliphatic heterocycles. The number of aliphatic hydroxyl groups excluding tert-OH is 1. The molecule has 1 rings (SSSR count). The summed E-state index contributed by atoms with van der Waals surface area (Å²) in [5.74, 6) is 3.28. The Morgan fingerprint density at radius 2 is 2.07 bits per heavy atom. The van der Waals surface area contributed by atoms with Crippen LogP contribution in [-0.2, 0) is 4.74 Å². The van der Waals surface area contributed by atoms with E-state index in [9.17, 15) is 0 Å². The van der Waals surface area contributed by atoms with Crippen molar-refractivity contribution in [3.8, 4) is 12.3 Å². The minimum Gasteiger partial charge on any atom is -0.396 e. The van der Waals surface area contributed by atoms with Crippen LogP contribution in [0.1, 0.15) is 38.5 Å². The van der Waals surface area contributed by atoms with Crippen LogP contribution in [0.4, 0.5) is 0 Å². The highest BCUT2D eigenvalue weighted by molar-refractivity contribution is 4.98. The van der Waals surface area contributed by atoms with E-state index in [2.05, 4.69) is 5.92 Å². The summed E-state index contributed by atoms with van der Waals surface area (Å²) in [4.78, 5) is 0. The molecular formula is C12H20O2. The lowest BCUT2D eigenvalue weighted by Crippen LogP contribution is -2.25. The minimum atomic E-state index is -0.0261. The summed E-state index contributed by atoms with van der Waals surface area (Å²) >= 11 is 0. The fourth-order valence-corrected chi connectivity index (χ4v) is 2.03. The van der Waals surface area contributed by atoms with Crippen LogP contribution in [0.15, 0.2) is 0 Å². The number of aliphatic hydroxyl groups is 1. The van der Waals surface area contributed by atoms with Gasteiger partial charge < -0.3 is 9.84 Å². The van der Waals surface area contributed by atoms with Crippen LogP contribution in [0, 0.1) is 18.3 Å². The van der Waals surface area contributed by atoms with Crippen LogP contribution in [-0.4, -0.2) is 24.4 Å². The molecule has 80 valence electrons. The molecule has 1 aliphatic rings. The lowest BCUT2D eigenvalue weighted by atomic mass is 9.85. The highest BCUT2D eigenvalue weighted by Gasteiger charge is 2.22. The zero-order valence-corrected chi connectivity index (χ0v) is 8.74. The summed E-state index contributed by atoms with van der Waals surface area (Å²) in [6.45, 7) is 0.768. The number of hydrogen-bond acceptors (Lipinski definition) is 2. The van der Waals surface area contributed by atoms with Gasteiger partial charge >= 0.3 is 0 Å². The zero-order valence-electron chi connectivity index (χ0n) is 8.74. The molecule has 0 saturated heterocycles. The van der Waals surface area contributed by atoms with Crippen molar-refractivity contribution in [1.29, 1.82) is 0 Å². The standard InChI is InChI=1S/C12H20O2/c1-2-12(14-10-6-9-13)11-7-4-3-5-8-11/h1,11-13H,3-10H2. The third-order valence-electron chi connectivity index (χ3n) is 2.84. The van der Waals surface area contributed by atoms with Gasteiger partial charge in [0.25, 0.3) is 0 Å². The smallest absolute Gasteiger partial charge is 0.120 e. The Kier molecular flexibility index (Phi) is 5.66. The van der Waals surface area contributed by atoms with Crippen molar-refractivity contribution >= 4 is 0 Å². The molecule has 2 nitrogen and oxygen atoms in total. The van der Waals surface area contributed by atoms with Crippen LogP contribution in [0.25, 0.3) is 0 Å². The molecule has 0 amide bonds. The molecule has 0 bridgehead atoms. The molecule has 1 unspecified atom stereocenters. The van der Waals surface area contributed by atoms with E-state index in [1.54, 1.807) is 0 Å². The average molecular weight is 196 g/mol. The van der Waals surface area contributed by atoms with E-state index in [-0.39, 0.29) is 12.7 Å². The Hall–Kier alpha value is -0.520. The van der Waals surface area contributed by atoms with E-state index in [1.165, 1.54) is 32.1 Å². The molecule has 0 aromatic carbocycles. The van der Waals surface area contributed by atoms with Crippen molar-refractivity contribution < 1.29 is 9.84 Å². The summed E-state index contributed by atoms with van der Waals surface area (Å²) in [7, 11) is 0. The summed E-state index contributed by atoms with van der Waals surface area (Å²) in [6.07, 6.45) is 12.4. The monoisotopic (exact) mass is 196 g/mol. The Labute approximate surface area is 86.7 Å². The summed E-state index contributed by atoms with van der Waals surface area (Å²) < 4.78 is 5.58. The van der Waals surface area contributed by atoms with Crippen molar-refractivity contribution in [2.75, 3.05) is 13.2 Å². The van der Waals surface area contributed by atoms with E-state index >= 15 is 0 Å². The molecule has 0 aromatic rings. The number of hydrogen-bond donors (Lipinski definition) is 1. The normalized spacial score (nSPS) is 20.3. The topological polar surface area (TPSA) is 29.5 Å². The second-order valence-electron chi connectivity index (χ2n) is 3.93. The Morgan fingerprint density at radius 1 is 1.36 bits per heavy atom. The van der Waals surface area contributed by atoms with Gasteiger partial charge in [0.2, 0.25) is 0 Å². The fraction of sp³-hybridized carbons (Fsp3) is 0.833. The first kappa shape index (κ1) is 11.6. The minimum absolute atomic E-state index is 0.0261. The van der Waals surface area contributed by atoms with Gasteiger partial charge in [-0.3, -0.25) is 0 Å². The average Bonchev–Trinajstić information content (AvgIpc) is 2.26. The van der Waals surface area contributed by atoms with Crippen molar-refractivity contribution in [3.63, 3.8) is 0 Å². The van der Waals surface area contributed by atoms with Gasteiger partial charge in [-0.25, -0.2) is 0 Å². The van der Waals surface area contributed by atoms with E-state index in [1.807, 2.05) is 0 Å². The third kappa shape index (κ3) is 3.69. The number of rotatable bonds is 5. The molecule has 0 aromatic heterocycles. The maximum absolute atomic E-state index is 8.63. The van der Waals surface area contributed by atoms with Crippen molar-refractivity contribution in [2.45, 2.75) is 44.6 Å². The van der Waals surface area contributed by atoms with Gasteiger partial charge in [-0.05, 0) is 25.2 Å². The van der Waals surface area contributed by atoms with Crippen LogP contribution in [0.5, 0.6) is 0 Å². The molecule has 0 radical (unpaired) electrons. The Morgan fingerprint density at radius 3 is 2.64 bits per heavy atom. The Bertz CT molecular complexity index is 177. The van der Waals surface area contributed by atoms with Gasteiger partial charge in [-0.2, -0.15) is 0 Å². The molecule has 1 saturated carbocycles. The van der Waals surface area contributed by atoms with E-state index in [0.29, 0.717) is 18.9 Å². The first-order valence-corrected chi connectivity index (χ1v) is 5.57. The van der Waals surface area contributed by atoms with Gasteiger partial charge in [0.05, 0.1) is 6.61 Å². The molecule has 1 N–H and O–H groups in total. The number of terminal acetylenes is 1. The first-order chi connectivity index (χ1) is 6.88. The highest BCUT2D eigenvalue weighted by Crippen LogP contribution is 2.27. The van der Waals surface area contributed by atoms with Crippen LogP contribution in [0.3, 0.4) is 0 Å². The second-order valence-corrected chi connectivity index (χ2v) is 3.93. The zero-order chi connectivity index (χ0) is 10.2. The molecule has 1 aliphatic carbocycles. The molecular weight excluding hydrogens is 176 g/mol. The van der Waals surface area contributed by atoms with Gasteiger partial charge in [0.15, 0.2) is 0 Å². The van der Waals surface area contributed by atoms with E-state index < -0.39 is 0 Å². The van der Waals surface area contributed by atoms with E-state index in [0.717, 1.165) is 0 Å². The van der Waals surface area contributed by atoms with Gasteiger partial charge in [-0.1, -0.05) is 25.2 Å². The number of ether oxygens (including phenoxy) is 1. The Balaban J connectivity index is 2.25. The predicted octanol–water partition coefficient (Wildman–Crippen LogP) is 1.97. The largest absolute Gasteiger partial charge is 0.396 e. The molecule has 1 fully saturated rings. The fourth-order valence-electron chi connectivity index (χ4n) is 2.03. The second kappa shape index (κ2) is 6.86. The molecule has 2 heteroatoms. The van der Waals surface area contributed by atoms with Gasteiger partial charge in [-0.15, -0.1) is 6.42 Å². The first-order valence-electron chi connectivity index (χ1n) is 5.57. The van der Waals surface area contributed by atoms with Crippen molar-refractivity contribution in [2.24, 2.45) is 5.92 Å². The van der Waals surface area contributed by atoms with Crippen molar-refractivity contribution in [3.05, 3.63) is 0 Å². The maximum atomic E-state index is 8.63. The van der Waals surface area contributed by atoms with Gasteiger partial charge in [0, 0.05) is 6.61 Å². The summed E-state index contributed by atoms with van der Waals surface area (Å²) in [5.41, 5.74) is 0. The van der Waals surface area contributed by atoms with E-state index in [4.69, 9.17) is 16.3 Å². The third-order valence-corrected chi connectivity index (χ3v) is 2.84. The van der Waals surface area contributed by atoms with Crippen LogP contribution < -0.4 is 0 Å². The summed E-state index contributed by atoms with van der Waals surface area (Å²) in [5, 5.41) is 8.63. The lowest BCUT2D eigenvalue weighted by molar-refractivity contribution is 0.0310. The highest BCUT2D eigenvalue weighted by atomic mass is 16.5. The molecule has 14 heavy (non-hydrogen) atoms. The SMILES string of the molecule is C#CC(OCCCO)C1CCCCC1. The van der Waals surface area contributed by atoms with Crippen molar-refractivity contribution in [1.82, 2.24) is 0 Å². The molecule has 1 atom stereocenters. The molecule has 0 spiro atoms. The van der Waals surface area contributed by atoms with Crippen LogP contribution >= 0.6 is 0 Å². The van der Waals surface area contributed by atoms with Crippen LogP contribution in [0.2, 0.25) is 0 Å². The maximum Gasteiger partial charge on any atom is 0.120 e. The van der Waals surface area contributed by atoms with Gasteiger partial charge in [0.1, 0.15) is 6.10 Å².